The number of anilines is 2. The van der Waals surface area contributed by atoms with Gasteiger partial charge in [0.15, 0.2) is 0 Å². The molecule has 1 saturated heterocycles. The average Bonchev–Trinajstić information content (AvgIpc) is 3.20. The van der Waals surface area contributed by atoms with Gasteiger partial charge in [0, 0.05) is 38.6 Å². The minimum Gasteiger partial charge on any atom is -0.378 e. The number of carbonyl (C=O) groups is 2. The molecule has 0 aliphatic carbocycles. The van der Waals surface area contributed by atoms with Gasteiger partial charge in [0.05, 0.1) is 0 Å². The summed E-state index contributed by atoms with van der Waals surface area (Å²) in [5, 5.41) is 9.74. The van der Waals surface area contributed by atoms with Crippen LogP contribution in [0.3, 0.4) is 0 Å². The smallest absolute Gasteiger partial charge is 0.313 e. The standard InChI is InChI=1S/C21H28N4O2S/c1-24(2)19-5-3-18(4-6-19)23-21(27)20(26)22-13-16-7-10-25(11-8-16)14-17-9-12-28-15-17/h3-6,9,12,15-16H,7-8,10-11,13-14H2,1-2H3,(H,22,26)(H,23,27). The third kappa shape index (κ3) is 5.81. The Morgan fingerprint density at radius 3 is 2.43 bits per heavy atom. The molecule has 6 nitrogen and oxygen atoms in total. The van der Waals surface area contributed by atoms with Gasteiger partial charge in [-0.2, -0.15) is 11.3 Å². The summed E-state index contributed by atoms with van der Waals surface area (Å²) in [5.41, 5.74) is 3.02. The van der Waals surface area contributed by atoms with Crippen molar-refractivity contribution in [1.29, 1.82) is 0 Å². The summed E-state index contributed by atoms with van der Waals surface area (Å²) < 4.78 is 0. The van der Waals surface area contributed by atoms with E-state index in [1.165, 1.54) is 5.56 Å². The Kier molecular flexibility index (Phi) is 7.06. The summed E-state index contributed by atoms with van der Waals surface area (Å²) in [4.78, 5) is 28.6. The highest BCUT2D eigenvalue weighted by Crippen LogP contribution is 2.19. The van der Waals surface area contributed by atoms with Crippen LogP contribution in [-0.4, -0.2) is 50.4 Å². The second kappa shape index (κ2) is 9.71. The molecule has 150 valence electrons. The monoisotopic (exact) mass is 400 g/mol. The number of rotatable bonds is 6. The summed E-state index contributed by atoms with van der Waals surface area (Å²) >= 11 is 1.73. The van der Waals surface area contributed by atoms with Crippen molar-refractivity contribution < 1.29 is 9.59 Å². The summed E-state index contributed by atoms with van der Waals surface area (Å²) in [5.74, 6) is -0.764. The molecule has 2 N–H and O–H groups in total. The number of carbonyl (C=O) groups excluding carboxylic acids is 2. The molecule has 1 aliphatic heterocycles. The zero-order valence-electron chi connectivity index (χ0n) is 16.5. The predicted octanol–water partition coefficient (Wildman–Crippen LogP) is 2.78. The van der Waals surface area contributed by atoms with Gasteiger partial charge in [-0.1, -0.05) is 0 Å². The first-order valence-corrected chi connectivity index (χ1v) is 10.6. The number of piperidine rings is 1. The fourth-order valence-electron chi connectivity index (χ4n) is 3.34. The number of amides is 2. The van der Waals surface area contributed by atoms with Crippen molar-refractivity contribution in [2.75, 3.05) is 43.9 Å². The van der Waals surface area contributed by atoms with Gasteiger partial charge < -0.3 is 15.5 Å². The molecule has 1 fully saturated rings. The van der Waals surface area contributed by atoms with E-state index in [0.29, 0.717) is 18.2 Å². The predicted molar refractivity (Wildman–Crippen MR) is 115 cm³/mol. The normalized spacial score (nSPS) is 15.2. The lowest BCUT2D eigenvalue weighted by Crippen LogP contribution is -2.41. The topological polar surface area (TPSA) is 64.7 Å². The Morgan fingerprint density at radius 2 is 1.82 bits per heavy atom. The lowest BCUT2D eigenvalue weighted by molar-refractivity contribution is -0.136. The number of hydrogen-bond acceptors (Lipinski definition) is 5. The molecule has 2 heterocycles. The highest BCUT2D eigenvalue weighted by Gasteiger charge is 2.21. The lowest BCUT2D eigenvalue weighted by atomic mass is 9.96. The van der Waals surface area contributed by atoms with Crippen LogP contribution in [0.1, 0.15) is 18.4 Å². The van der Waals surface area contributed by atoms with Crippen LogP contribution < -0.4 is 15.5 Å². The van der Waals surface area contributed by atoms with Gasteiger partial charge in [0.1, 0.15) is 0 Å². The van der Waals surface area contributed by atoms with Gasteiger partial charge in [0.2, 0.25) is 0 Å². The van der Waals surface area contributed by atoms with E-state index >= 15 is 0 Å². The van der Waals surface area contributed by atoms with Crippen LogP contribution in [0, 0.1) is 5.92 Å². The molecule has 2 amide bonds. The molecular weight excluding hydrogens is 372 g/mol. The maximum atomic E-state index is 12.1. The molecule has 1 aliphatic rings. The Labute approximate surface area is 170 Å². The zero-order valence-corrected chi connectivity index (χ0v) is 17.3. The van der Waals surface area contributed by atoms with Crippen molar-refractivity contribution in [1.82, 2.24) is 10.2 Å². The van der Waals surface area contributed by atoms with Crippen molar-refractivity contribution in [3.8, 4) is 0 Å². The Hall–Kier alpha value is -2.38. The first kappa shape index (κ1) is 20.4. The van der Waals surface area contributed by atoms with E-state index in [4.69, 9.17) is 0 Å². The molecule has 0 radical (unpaired) electrons. The molecule has 1 aromatic carbocycles. The third-order valence-corrected chi connectivity index (χ3v) is 5.82. The van der Waals surface area contributed by atoms with Gasteiger partial charge in [-0.15, -0.1) is 0 Å². The Morgan fingerprint density at radius 1 is 1.11 bits per heavy atom. The molecule has 7 heteroatoms. The van der Waals surface area contributed by atoms with E-state index in [9.17, 15) is 9.59 Å². The van der Waals surface area contributed by atoms with Crippen molar-refractivity contribution in [2.45, 2.75) is 19.4 Å². The molecule has 28 heavy (non-hydrogen) atoms. The van der Waals surface area contributed by atoms with Crippen LogP contribution in [0.5, 0.6) is 0 Å². The van der Waals surface area contributed by atoms with Crippen LogP contribution >= 0.6 is 11.3 Å². The highest BCUT2D eigenvalue weighted by molar-refractivity contribution is 7.07. The van der Waals surface area contributed by atoms with Gasteiger partial charge >= 0.3 is 11.8 Å². The first-order chi connectivity index (χ1) is 13.5. The fourth-order valence-corrected chi connectivity index (χ4v) is 4.00. The number of nitrogens with one attached hydrogen (secondary N) is 2. The first-order valence-electron chi connectivity index (χ1n) is 9.61. The molecule has 0 saturated carbocycles. The summed E-state index contributed by atoms with van der Waals surface area (Å²) in [6.45, 7) is 3.61. The summed E-state index contributed by atoms with van der Waals surface area (Å²) in [7, 11) is 3.90. The van der Waals surface area contributed by atoms with Crippen molar-refractivity contribution in [2.24, 2.45) is 5.92 Å². The number of benzene rings is 1. The van der Waals surface area contributed by atoms with Gasteiger partial charge in [0.25, 0.3) is 0 Å². The molecule has 0 unspecified atom stereocenters. The maximum absolute atomic E-state index is 12.1. The highest BCUT2D eigenvalue weighted by atomic mass is 32.1. The SMILES string of the molecule is CN(C)c1ccc(NC(=O)C(=O)NCC2CCN(Cc3ccsc3)CC2)cc1. The van der Waals surface area contributed by atoms with E-state index in [1.54, 1.807) is 23.5 Å². The van der Waals surface area contributed by atoms with Gasteiger partial charge in [-0.25, -0.2) is 0 Å². The molecule has 0 bridgehead atoms. The van der Waals surface area contributed by atoms with Crippen molar-refractivity contribution in [3.63, 3.8) is 0 Å². The average molecular weight is 401 g/mol. The van der Waals surface area contributed by atoms with Crippen LogP contribution in [0.15, 0.2) is 41.1 Å². The van der Waals surface area contributed by atoms with Crippen LogP contribution in [0.2, 0.25) is 0 Å². The van der Waals surface area contributed by atoms with E-state index in [2.05, 4.69) is 32.4 Å². The Bertz CT molecular complexity index is 766. The van der Waals surface area contributed by atoms with E-state index in [1.807, 2.05) is 31.1 Å². The fraction of sp³-hybridized carbons (Fsp3) is 0.429. The van der Waals surface area contributed by atoms with E-state index in [-0.39, 0.29) is 0 Å². The number of thiophene rings is 1. The zero-order chi connectivity index (χ0) is 19.9. The summed E-state index contributed by atoms with van der Waals surface area (Å²) in [6.07, 6.45) is 2.08. The molecular formula is C21H28N4O2S. The third-order valence-electron chi connectivity index (χ3n) is 5.09. The van der Waals surface area contributed by atoms with Gasteiger partial charge in [-0.3, -0.25) is 14.5 Å². The largest absolute Gasteiger partial charge is 0.378 e. The summed E-state index contributed by atoms with van der Waals surface area (Å²) in [6, 6.07) is 9.56. The number of likely N-dealkylation sites (tertiary alicyclic amines) is 1. The van der Waals surface area contributed by atoms with Gasteiger partial charge in [-0.05, 0) is 78.5 Å². The van der Waals surface area contributed by atoms with Crippen molar-refractivity contribution in [3.05, 3.63) is 46.7 Å². The number of hydrogen-bond donors (Lipinski definition) is 2. The molecule has 0 spiro atoms. The second-order valence-corrected chi connectivity index (χ2v) is 8.24. The molecule has 3 rings (SSSR count). The minimum absolute atomic E-state index is 0.426. The Balaban J connectivity index is 1.37. The van der Waals surface area contributed by atoms with E-state index < -0.39 is 11.8 Å². The quantitative estimate of drug-likeness (QED) is 0.732. The van der Waals surface area contributed by atoms with Crippen LogP contribution in [-0.2, 0) is 16.1 Å². The second-order valence-electron chi connectivity index (χ2n) is 7.46. The number of nitrogens with zero attached hydrogens (tertiary/aromatic N) is 2. The molecule has 0 atom stereocenters. The molecule has 1 aromatic heterocycles. The lowest BCUT2D eigenvalue weighted by Gasteiger charge is -2.31. The van der Waals surface area contributed by atoms with Crippen LogP contribution in [0.4, 0.5) is 11.4 Å². The van der Waals surface area contributed by atoms with E-state index in [0.717, 1.165) is 38.2 Å². The maximum Gasteiger partial charge on any atom is 0.313 e. The molecule has 2 aromatic rings. The van der Waals surface area contributed by atoms with Crippen molar-refractivity contribution >= 4 is 34.5 Å². The minimum atomic E-state index is -0.618. The van der Waals surface area contributed by atoms with Crippen LogP contribution in [0.25, 0.3) is 0 Å².